The molecule has 114 valence electrons. The molecule has 0 aliphatic carbocycles. The summed E-state index contributed by atoms with van der Waals surface area (Å²) >= 11 is 2.77. The summed E-state index contributed by atoms with van der Waals surface area (Å²) in [5.41, 5.74) is 0.767. The van der Waals surface area contributed by atoms with E-state index >= 15 is 0 Å². The van der Waals surface area contributed by atoms with E-state index in [1.165, 1.54) is 40.9 Å². The van der Waals surface area contributed by atoms with Gasteiger partial charge in [-0.05, 0) is 35.7 Å². The molecule has 0 radical (unpaired) electrons. The van der Waals surface area contributed by atoms with Crippen LogP contribution in [0.2, 0.25) is 0 Å². The third kappa shape index (κ3) is 3.47. The molecule has 0 fully saturated rings. The summed E-state index contributed by atoms with van der Waals surface area (Å²) in [5.74, 6) is 1.82. The molecule has 3 rings (SSSR count). The zero-order valence-corrected chi connectivity index (χ0v) is 13.5. The van der Waals surface area contributed by atoms with E-state index in [0.29, 0.717) is 9.50 Å². The number of nitrogens with zero attached hydrogens (tertiary/aromatic N) is 2. The molecule has 0 bridgehead atoms. The molecule has 0 N–H and O–H groups in total. The van der Waals surface area contributed by atoms with E-state index in [0.717, 1.165) is 10.4 Å². The Morgan fingerprint density at radius 3 is 3.04 bits per heavy atom. The predicted octanol–water partition coefficient (Wildman–Crippen LogP) is 3.68. The molecule has 2 heterocycles. The Kier molecular flexibility index (Phi) is 4.51. The number of terminal acetylenes is 1. The molecule has 0 aliphatic heterocycles. The van der Waals surface area contributed by atoms with Gasteiger partial charge in [0, 0.05) is 11.0 Å². The second kappa shape index (κ2) is 6.73. The van der Waals surface area contributed by atoms with E-state index < -0.39 is 0 Å². The van der Waals surface area contributed by atoms with E-state index in [1.807, 2.05) is 17.5 Å². The topological polar surface area (TPSA) is 34.4 Å². The summed E-state index contributed by atoms with van der Waals surface area (Å²) in [6.07, 6.45) is 8.51. The fourth-order valence-electron chi connectivity index (χ4n) is 2.05. The van der Waals surface area contributed by atoms with Crippen LogP contribution in [0, 0.1) is 18.2 Å². The van der Waals surface area contributed by atoms with Gasteiger partial charge in [0.1, 0.15) is 5.82 Å². The molecule has 0 spiro atoms. The van der Waals surface area contributed by atoms with Crippen LogP contribution in [0.3, 0.4) is 0 Å². The molecule has 3 nitrogen and oxygen atoms in total. The van der Waals surface area contributed by atoms with Crippen molar-refractivity contribution in [3.63, 3.8) is 0 Å². The first-order valence-corrected chi connectivity index (χ1v) is 8.39. The van der Waals surface area contributed by atoms with Gasteiger partial charge in [-0.2, -0.15) is 4.99 Å². The van der Waals surface area contributed by atoms with Gasteiger partial charge < -0.3 is 4.57 Å². The highest BCUT2D eigenvalue weighted by Gasteiger charge is 2.07. The number of thiophene rings is 1. The van der Waals surface area contributed by atoms with Crippen molar-refractivity contribution in [2.75, 3.05) is 0 Å². The molecule has 1 aromatic carbocycles. The lowest BCUT2D eigenvalue weighted by atomic mass is 10.3. The van der Waals surface area contributed by atoms with E-state index in [4.69, 9.17) is 6.42 Å². The highest BCUT2D eigenvalue weighted by atomic mass is 32.1. The second-order valence-corrected chi connectivity index (χ2v) is 6.57. The van der Waals surface area contributed by atoms with Crippen molar-refractivity contribution in [1.29, 1.82) is 0 Å². The molecule has 0 saturated heterocycles. The molecule has 3 aromatic rings. The summed E-state index contributed by atoms with van der Waals surface area (Å²) in [7, 11) is 0. The summed E-state index contributed by atoms with van der Waals surface area (Å²) in [6, 6.07) is 8.24. The number of benzene rings is 1. The van der Waals surface area contributed by atoms with Crippen LogP contribution in [0.25, 0.3) is 16.3 Å². The van der Waals surface area contributed by atoms with Crippen LogP contribution in [-0.2, 0) is 11.3 Å². The lowest BCUT2D eigenvalue weighted by Crippen LogP contribution is -2.15. The second-order valence-electron chi connectivity index (χ2n) is 4.59. The summed E-state index contributed by atoms with van der Waals surface area (Å²) in [6.45, 7) is 0.270. The molecule has 6 heteroatoms. The number of aromatic nitrogens is 1. The highest BCUT2D eigenvalue weighted by Crippen LogP contribution is 2.18. The highest BCUT2D eigenvalue weighted by molar-refractivity contribution is 7.16. The zero-order valence-electron chi connectivity index (χ0n) is 11.9. The maximum absolute atomic E-state index is 13.4. The number of carbonyl (C=O) groups is 1. The molecule has 1 amide bonds. The lowest BCUT2D eigenvalue weighted by molar-refractivity contribution is -0.113. The number of amides is 1. The van der Waals surface area contributed by atoms with E-state index in [-0.39, 0.29) is 18.3 Å². The average Bonchev–Trinajstić information content (AvgIpc) is 3.14. The van der Waals surface area contributed by atoms with Gasteiger partial charge in [0.15, 0.2) is 4.80 Å². The zero-order chi connectivity index (χ0) is 16.2. The molecule has 2 aromatic heterocycles. The Morgan fingerprint density at radius 2 is 2.30 bits per heavy atom. The monoisotopic (exact) mass is 342 g/mol. The first-order valence-electron chi connectivity index (χ1n) is 6.70. The maximum atomic E-state index is 13.4. The van der Waals surface area contributed by atoms with Gasteiger partial charge in [-0.15, -0.1) is 17.8 Å². The largest absolute Gasteiger partial charge is 0.305 e. The third-order valence-electron chi connectivity index (χ3n) is 3.03. The van der Waals surface area contributed by atoms with Gasteiger partial charge in [-0.3, -0.25) is 4.79 Å². The van der Waals surface area contributed by atoms with Gasteiger partial charge in [0.05, 0.1) is 16.8 Å². The van der Waals surface area contributed by atoms with Gasteiger partial charge in [-0.1, -0.05) is 23.3 Å². The summed E-state index contributed by atoms with van der Waals surface area (Å²) in [4.78, 5) is 17.6. The number of thiazole rings is 1. The smallest absolute Gasteiger partial charge is 0.272 e. The average molecular weight is 342 g/mol. The Morgan fingerprint density at radius 1 is 1.43 bits per heavy atom. The number of rotatable bonds is 3. The van der Waals surface area contributed by atoms with E-state index in [1.54, 1.807) is 16.7 Å². The Bertz CT molecular complexity index is 988. The third-order valence-corrected chi connectivity index (χ3v) is 4.91. The van der Waals surface area contributed by atoms with Crippen LogP contribution in [-0.4, -0.2) is 10.5 Å². The standard InChI is InChI=1S/C17H11FN2OS2/c1-2-9-20-14-7-5-12(18)11-15(14)23-17(20)19-16(21)8-6-13-4-3-10-22-13/h1,3-8,10-11H,9H2/b8-6+,19-17?. The van der Waals surface area contributed by atoms with Crippen LogP contribution in [0.4, 0.5) is 4.39 Å². The van der Waals surface area contributed by atoms with Gasteiger partial charge >= 0.3 is 0 Å². The Hall–Kier alpha value is -2.49. The van der Waals surface area contributed by atoms with Crippen LogP contribution < -0.4 is 4.80 Å². The molecule has 0 atom stereocenters. The first-order chi connectivity index (χ1) is 11.2. The number of halogens is 1. The summed E-state index contributed by atoms with van der Waals surface area (Å²) in [5, 5.41) is 1.93. The first kappa shape index (κ1) is 15.4. The molecule has 0 aliphatic rings. The van der Waals surface area contributed by atoms with Crippen molar-refractivity contribution in [3.05, 3.63) is 57.3 Å². The fraction of sp³-hybridized carbons (Fsp3) is 0.0588. The summed E-state index contributed by atoms with van der Waals surface area (Å²) < 4.78 is 15.8. The van der Waals surface area contributed by atoms with Crippen molar-refractivity contribution in [1.82, 2.24) is 4.57 Å². The van der Waals surface area contributed by atoms with Gasteiger partial charge in [0.25, 0.3) is 5.91 Å². The quantitative estimate of drug-likeness (QED) is 0.528. The van der Waals surface area contributed by atoms with E-state index in [2.05, 4.69) is 10.9 Å². The fourth-order valence-corrected chi connectivity index (χ4v) is 3.73. The van der Waals surface area contributed by atoms with Crippen molar-refractivity contribution in [2.24, 2.45) is 4.99 Å². The molecule has 0 saturated carbocycles. The number of hydrogen-bond donors (Lipinski definition) is 0. The number of hydrogen-bond acceptors (Lipinski definition) is 3. The van der Waals surface area contributed by atoms with Gasteiger partial charge in [-0.25, -0.2) is 4.39 Å². The number of carbonyl (C=O) groups excluding carboxylic acids is 1. The van der Waals surface area contributed by atoms with Crippen molar-refractivity contribution < 1.29 is 9.18 Å². The van der Waals surface area contributed by atoms with E-state index in [9.17, 15) is 9.18 Å². The van der Waals surface area contributed by atoms with Gasteiger partial charge in [0.2, 0.25) is 0 Å². The minimum absolute atomic E-state index is 0.270. The maximum Gasteiger partial charge on any atom is 0.272 e. The van der Waals surface area contributed by atoms with Crippen molar-refractivity contribution >= 4 is 44.9 Å². The normalized spacial score (nSPS) is 12.1. The van der Waals surface area contributed by atoms with Crippen LogP contribution in [0.1, 0.15) is 4.88 Å². The van der Waals surface area contributed by atoms with Crippen molar-refractivity contribution in [3.8, 4) is 12.3 Å². The number of fused-ring (bicyclic) bond motifs is 1. The van der Waals surface area contributed by atoms with Crippen LogP contribution >= 0.6 is 22.7 Å². The molecular weight excluding hydrogens is 331 g/mol. The predicted molar refractivity (Wildman–Crippen MR) is 92.5 cm³/mol. The minimum Gasteiger partial charge on any atom is -0.305 e. The molecular formula is C17H11FN2OS2. The molecule has 0 unspecified atom stereocenters. The van der Waals surface area contributed by atoms with Crippen LogP contribution in [0.15, 0.2) is 46.8 Å². The SMILES string of the molecule is C#CCn1c(=NC(=O)/C=C/c2cccs2)sc2cc(F)ccc21. The lowest BCUT2D eigenvalue weighted by Gasteiger charge is -1.98. The Labute approximate surface area is 140 Å². The minimum atomic E-state index is -0.379. The van der Waals surface area contributed by atoms with Crippen LogP contribution in [0.5, 0.6) is 0 Å². The molecule has 23 heavy (non-hydrogen) atoms. The Balaban J connectivity index is 2.02. The van der Waals surface area contributed by atoms with Crippen molar-refractivity contribution in [2.45, 2.75) is 6.54 Å².